The van der Waals surface area contributed by atoms with E-state index in [1.54, 1.807) is 6.08 Å². The maximum atomic E-state index is 12.6. The number of nitrogens with one attached hydrogen (secondary N) is 1. The molecule has 32 heavy (non-hydrogen) atoms. The van der Waals surface area contributed by atoms with Crippen molar-refractivity contribution in [1.29, 1.82) is 5.26 Å². The lowest BCUT2D eigenvalue weighted by Crippen LogP contribution is -2.45. The van der Waals surface area contributed by atoms with E-state index >= 15 is 0 Å². The maximum Gasteiger partial charge on any atom is 0.262 e. The number of carbonyl (C=O) groups is 1. The molecule has 168 valence electrons. The minimum atomic E-state index is -0.652. The number of carbonyl (C=O) groups excluding carboxylic acids is 1. The lowest BCUT2D eigenvalue weighted by atomic mass is 10.0. The fraction of sp³-hybridized carbons (Fsp3) is 0.462. The van der Waals surface area contributed by atoms with Gasteiger partial charge in [-0.25, -0.2) is 0 Å². The first-order valence-electron chi connectivity index (χ1n) is 11.4. The molecule has 6 nitrogen and oxygen atoms in total. The summed E-state index contributed by atoms with van der Waals surface area (Å²) in [6, 6.07) is 14.6. The van der Waals surface area contributed by atoms with Crippen molar-refractivity contribution in [2.45, 2.75) is 51.4 Å². The maximum absolute atomic E-state index is 12.6. The van der Waals surface area contributed by atoms with Gasteiger partial charge in [-0.3, -0.25) is 4.79 Å². The van der Waals surface area contributed by atoms with Gasteiger partial charge in [-0.2, -0.15) is 5.26 Å². The number of anilines is 1. The Morgan fingerprint density at radius 2 is 1.94 bits per heavy atom. The first-order valence-corrected chi connectivity index (χ1v) is 11.4. The van der Waals surface area contributed by atoms with Gasteiger partial charge in [0, 0.05) is 25.3 Å². The molecule has 0 bridgehead atoms. The van der Waals surface area contributed by atoms with Gasteiger partial charge in [-0.05, 0) is 80.1 Å². The molecule has 6 heteroatoms. The molecule has 0 spiro atoms. The minimum Gasteiger partial charge on any atom is -0.372 e. The fourth-order valence-corrected chi connectivity index (χ4v) is 4.38. The smallest absolute Gasteiger partial charge is 0.262 e. The number of fused-ring (bicyclic) bond motifs is 1. The van der Waals surface area contributed by atoms with Crippen molar-refractivity contribution in [2.75, 3.05) is 31.1 Å². The molecule has 1 amide bonds. The van der Waals surface area contributed by atoms with E-state index in [9.17, 15) is 10.1 Å². The molecule has 0 radical (unpaired) electrons. The summed E-state index contributed by atoms with van der Waals surface area (Å²) in [7, 11) is 0. The third-order valence-electron chi connectivity index (χ3n) is 6.08. The number of ether oxygens (including phenoxy) is 2. The zero-order chi connectivity index (χ0) is 22.6. The van der Waals surface area contributed by atoms with Crippen LogP contribution in [-0.2, 0) is 14.3 Å². The van der Waals surface area contributed by atoms with E-state index in [1.165, 1.54) is 24.9 Å². The van der Waals surface area contributed by atoms with Crippen LogP contribution in [0.15, 0.2) is 42.0 Å². The molecule has 0 saturated carbocycles. The van der Waals surface area contributed by atoms with Gasteiger partial charge < -0.3 is 19.7 Å². The van der Waals surface area contributed by atoms with E-state index < -0.39 is 5.79 Å². The van der Waals surface area contributed by atoms with Crippen LogP contribution in [-0.4, -0.2) is 44.0 Å². The summed E-state index contributed by atoms with van der Waals surface area (Å²) in [6.45, 7) is 6.88. The zero-order valence-corrected chi connectivity index (χ0v) is 18.9. The molecule has 1 atom stereocenters. The molecule has 2 saturated heterocycles. The van der Waals surface area contributed by atoms with Crippen LogP contribution in [0.2, 0.25) is 0 Å². The Morgan fingerprint density at radius 3 is 2.69 bits per heavy atom. The molecule has 1 unspecified atom stereocenters. The number of benzene rings is 2. The first kappa shape index (κ1) is 22.3. The minimum absolute atomic E-state index is 0.0839. The van der Waals surface area contributed by atoms with Crippen LogP contribution in [0.1, 0.15) is 45.1 Å². The molecule has 4 rings (SSSR count). The standard InChI is InChI=1S/C26H31N3O3/c1-26(2)31-13-10-24(32-26)18-28-25(30)22(17-27)15-19-6-7-21-16-23(9-8-20(21)14-19)29-11-4-3-5-12-29/h6-9,14-16,24H,3-5,10-13,18H2,1-2H3,(H,28,30)/b22-15+. The predicted molar refractivity (Wildman–Crippen MR) is 126 cm³/mol. The highest BCUT2D eigenvalue weighted by atomic mass is 16.7. The molecule has 0 aromatic heterocycles. The summed E-state index contributed by atoms with van der Waals surface area (Å²) in [4.78, 5) is 15.0. The highest BCUT2D eigenvalue weighted by molar-refractivity contribution is 6.02. The number of hydrogen-bond donors (Lipinski definition) is 1. The topological polar surface area (TPSA) is 74.6 Å². The summed E-state index contributed by atoms with van der Waals surface area (Å²) >= 11 is 0. The largest absolute Gasteiger partial charge is 0.372 e. The number of amides is 1. The normalized spacial score (nSPS) is 21.2. The lowest BCUT2D eigenvalue weighted by Gasteiger charge is -2.36. The summed E-state index contributed by atoms with van der Waals surface area (Å²) in [6.07, 6.45) is 6.03. The average molecular weight is 434 g/mol. The molecule has 2 aromatic carbocycles. The Balaban J connectivity index is 1.44. The molecule has 2 fully saturated rings. The number of hydrogen-bond acceptors (Lipinski definition) is 5. The van der Waals surface area contributed by atoms with Crippen LogP contribution in [0, 0.1) is 11.3 Å². The van der Waals surface area contributed by atoms with Crippen LogP contribution in [0.4, 0.5) is 5.69 Å². The second kappa shape index (κ2) is 9.72. The Labute approximate surface area is 189 Å². The van der Waals surface area contributed by atoms with Gasteiger partial charge in [0.25, 0.3) is 5.91 Å². The number of nitrogens with zero attached hydrogens (tertiary/aromatic N) is 2. The second-order valence-corrected chi connectivity index (χ2v) is 9.00. The quantitative estimate of drug-likeness (QED) is 0.559. The highest BCUT2D eigenvalue weighted by Crippen LogP contribution is 2.26. The van der Waals surface area contributed by atoms with Crippen LogP contribution in [0.5, 0.6) is 0 Å². The van der Waals surface area contributed by atoms with Gasteiger partial charge in [-0.1, -0.05) is 18.2 Å². The van der Waals surface area contributed by atoms with Gasteiger partial charge in [0.05, 0.1) is 12.7 Å². The second-order valence-electron chi connectivity index (χ2n) is 9.00. The van der Waals surface area contributed by atoms with E-state index in [0.717, 1.165) is 29.4 Å². The third-order valence-corrected chi connectivity index (χ3v) is 6.08. The van der Waals surface area contributed by atoms with E-state index in [1.807, 2.05) is 32.0 Å². The van der Waals surface area contributed by atoms with E-state index in [4.69, 9.17) is 9.47 Å². The highest BCUT2D eigenvalue weighted by Gasteiger charge is 2.29. The Kier molecular flexibility index (Phi) is 6.78. The van der Waals surface area contributed by atoms with Crippen LogP contribution in [0.3, 0.4) is 0 Å². The van der Waals surface area contributed by atoms with Gasteiger partial charge in [-0.15, -0.1) is 0 Å². The molecular formula is C26H31N3O3. The van der Waals surface area contributed by atoms with Crippen molar-refractivity contribution in [3.05, 3.63) is 47.5 Å². The zero-order valence-electron chi connectivity index (χ0n) is 18.9. The van der Waals surface area contributed by atoms with E-state index in [2.05, 4.69) is 34.5 Å². The lowest BCUT2D eigenvalue weighted by molar-refractivity contribution is -0.271. The van der Waals surface area contributed by atoms with Crippen LogP contribution < -0.4 is 10.2 Å². The monoisotopic (exact) mass is 433 g/mol. The average Bonchev–Trinajstić information content (AvgIpc) is 2.80. The molecule has 2 aromatic rings. The van der Waals surface area contributed by atoms with Gasteiger partial charge in [0.2, 0.25) is 0 Å². The van der Waals surface area contributed by atoms with Crippen LogP contribution >= 0.6 is 0 Å². The number of rotatable bonds is 5. The van der Waals surface area contributed by atoms with Gasteiger partial charge in [0.15, 0.2) is 5.79 Å². The molecule has 2 aliphatic heterocycles. The fourth-order valence-electron chi connectivity index (χ4n) is 4.38. The van der Waals surface area contributed by atoms with Gasteiger partial charge >= 0.3 is 0 Å². The molecule has 1 N–H and O–H groups in total. The molecule has 2 heterocycles. The van der Waals surface area contributed by atoms with Crippen molar-refractivity contribution in [2.24, 2.45) is 0 Å². The molecule has 2 aliphatic rings. The summed E-state index contributed by atoms with van der Waals surface area (Å²) in [5.74, 6) is -1.04. The predicted octanol–water partition coefficient (Wildman–Crippen LogP) is 4.39. The SMILES string of the molecule is CC1(C)OCCC(CNC(=O)/C(C#N)=C/c2ccc3cc(N4CCCCC4)ccc3c2)O1. The number of nitriles is 1. The number of piperidine rings is 1. The van der Waals surface area contributed by atoms with Crippen molar-refractivity contribution in [1.82, 2.24) is 5.32 Å². The van der Waals surface area contributed by atoms with Crippen LogP contribution in [0.25, 0.3) is 16.8 Å². The Hall–Kier alpha value is -2.88. The Bertz CT molecular complexity index is 1050. The van der Waals surface area contributed by atoms with Crippen molar-refractivity contribution in [3.8, 4) is 6.07 Å². The van der Waals surface area contributed by atoms with Crippen molar-refractivity contribution >= 4 is 28.4 Å². The first-order chi connectivity index (χ1) is 15.4. The van der Waals surface area contributed by atoms with E-state index in [0.29, 0.717) is 19.6 Å². The van der Waals surface area contributed by atoms with Crippen molar-refractivity contribution < 1.29 is 14.3 Å². The molecular weight excluding hydrogens is 402 g/mol. The third kappa shape index (κ3) is 5.48. The summed E-state index contributed by atoms with van der Waals surface area (Å²) in [5.41, 5.74) is 2.18. The van der Waals surface area contributed by atoms with Gasteiger partial charge in [0.1, 0.15) is 11.6 Å². The Morgan fingerprint density at radius 1 is 1.19 bits per heavy atom. The molecule has 0 aliphatic carbocycles. The summed E-state index contributed by atoms with van der Waals surface area (Å²) in [5, 5.41) is 14.6. The summed E-state index contributed by atoms with van der Waals surface area (Å²) < 4.78 is 11.3. The van der Waals surface area contributed by atoms with E-state index in [-0.39, 0.29) is 17.6 Å². The van der Waals surface area contributed by atoms with Crippen molar-refractivity contribution in [3.63, 3.8) is 0 Å².